The molecule has 3 heterocycles. The van der Waals surface area contributed by atoms with Crippen LogP contribution >= 0.6 is 12.2 Å². The Balaban J connectivity index is 1.56. The lowest BCUT2D eigenvalue weighted by atomic mass is 9.89. The van der Waals surface area contributed by atoms with Crippen LogP contribution in [-0.4, -0.2) is 26.9 Å². The molecular weight excluding hydrogens is 402 g/mol. The van der Waals surface area contributed by atoms with Crippen LogP contribution in [0.15, 0.2) is 78.9 Å². The van der Waals surface area contributed by atoms with Gasteiger partial charge in [0.05, 0.1) is 11.7 Å². The van der Waals surface area contributed by atoms with Gasteiger partial charge in [-0.3, -0.25) is 9.69 Å². The average Bonchev–Trinajstić information content (AvgIpc) is 3.29. The van der Waals surface area contributed by atoms with E-state index in [1.165, 1.54) is 10.9 Å². The van der Waals surface area contributed by atoms with Gasteiger partial charge < -0.3 is 9.88 Å². The Hall–Kier alpha value is -3.44. The van der Waals surface area contributed by atoms with Gasteiger partial charge >= 0.3 is 0 Å². The fourth-order valence-electron chi connectivity index (χ4n) is 5.09. The Morgan fingerprint density at radius 3 is 2.45 bits per heavy atom. The number of H-pyrrole nitrogens is 1. The summed E-state index contributed by atoms with van der Waals surface area (Å²) in [6.07, 6.45) is 0.643. The minimum atomic E-state index is -0.316. The topological polar surface area (TPSA) is 39.3 Å². The van der Waals surface area contributed by atoms with Crippen molar-refractivity contribution in [3.8, 4) is 0 Å². The number of carbonyl (C=O) groups excluding carboxylic acids is 1. The van der Waals surface area contributed by atoms with Gasteiger partial charge in [0.1, 0.15) is 6.04 Å². The average molecular weight is 424 g/mol. The summed E-state index contributed by atoms with van der Waals surface area (Å²) in [6.45, 7) is 2.02. The van der Waals surface area contributed by atoms with Gasteiger partial charge in [-0.15, -0.1) is 0 Å². The third-order valence-corrected chi connectivity index (χ3v) is 6.91. The first kappa shape index (κ1) is 18.3. The summed E-state index contributed by atoms with van der Waals surface area (Å²) < 4.78 is 0. The van der Waals surface area contributed by atoms with E-state index in [1.807, 2.05) is 55.5 Å². The molecule has 2 atom stereocenters. The van der Waals surface area contributed by atoms with Gasteiger partial charge in [-0.1, -0.05) is 66.7 Å². The molecule has 0 bridgehead atoms. The summed E-state index contributed by atoms with van der Waals surface area (Å²) in [5, 5.41) is 1.76. The maximum atomic E-state index is 13.7. The van der Waals surface area contributed by atoms with Crippen molar-refractivity contribution >= 4 is 39.8 Å². The zero-order chi connectivity index (χ0) is 21.1. The predicted octanol–water partition coefficient (Wildman–Crippen LogP) is 5.12. The van der Waals surface area contributed by atoms with E-state index in [2.05, 4.69) is 40.2 Å². The highest BCUT2D eigenvalue weighted by Crippen LogP contribution is 2.45. The molecule has 5 heteroatoms. The third kappa shape index (κ3) is 2.60. The number of aryl methyl sites for hydroxylation is 1. The number of nitrogens with one attached hydrogen (secondary N) is 1. The van der Waals surface area contributed by atoms with E-state index >= 15 is 0 Å². The Morgan fingerprint density at radius 2 is 1.65 bits per heavy atom. The number of hydrogen-bond acceptors (Lipinski definition) is 2. The first-order valence-electron chi connectivity index (χ1n) is 10.5. The van der Waals surface area contributed by atoms with E-state index in [0.29, 0.717) is 11.5 Å². The number of anilines is 1. The van der Waals surface area contributed by atoms with Crippen LogP contribution in [0, 0.1) is 6.92 Å². The minimum Gasteiger partial charge on any atom is -0.356 e. The van der Waals surface area contributed by atoms with E-state index in [9.17, 15) is 4.79 Å². The first-order valence-corrected chi connectivity index (χ1v) is 10.9. The van der Waals surface area contributed by atoms with Crippen LogP contribution in [0.4, 0.5) is 5.69 Å². The fraction of sp³-hybridized carbons (Fsp3) is 0.154. The summed E-state index contributed by atoms with van der Waals surface area (Å²) in [6, 6.07) is 26.2. The summed E-state index contributed by atoms with van der Waals surface area (Å²) in [7, 11) is 0. The maximum absolute atomic E-state index is 13.7. The zero-order valence-electron chi connectivity index (χ0n) is 17.1. The lowest BCUT2D eigenvalue weighted by Gasteiger charge is -2.37. The van der Waals surface area contributed by atoms with Crippen LogP contribution in [0.25, 0.3) is 10.9 Å². The molecule has 0 spiro atoms. The van der Waals surface area contributed by atoms with Gasteiger partial charge in [-0.25, -0.2) is 0 Å². The molecule has 0 aliphatic carbocycles. The summed E-state index contributed by atoms with van der Waals surface area (Å²) in [4.78, 5) is 21.3. The highest BCUT2D eigenvalue weighted by Gasteiger charge is 2.51. The van der Waals surface area contributed by atoms with Crippen molar-refractivity contribution in [1.29, 1.82) is 0 Å². The van der Waals surface area contributed by atoms with Crippen molar-refractivity contribution in [3.63, 3.8) is 0 Å². The zero-order valence-corrected chi connectivity index (χ0v) is 17.9. The molecule has 6 rings (SSSR count). The van der Waals surface area contributed by atoms with Gasteiger partial charge in [0.25, 0.3) is 5.91 Å². The second-order valence-electron chi connectivity index (χ2n) is 8.25. The lowest BCUT2D eigenvalue weighted by Crippen LogP contribution is -2.44. The minimum absolute atomic E-state index is 0.0520. The number of nitrogens with zero attached hydrogens (tertiary/aromatic N) is 2. The number of fused-ring (bicyclic) bond motifs is 4. The van der Waals surface area contributed by atoms with Crippen LogP contribution in [0.1, 0.15) is 28.4 Å². The van der Waals surface area contributed by atoms with Crippen molar-refractivity contribution < 1.29 is 4.79 Å². The SMILES string of the molecule is Cc1ccccc1N1C(=O)[C@H]2Cc3c([nH]c4ccccc34)[C@@H](c3ccccc3)N2C1=S. The summed E-state index contributed by atoms with van der Waals surface area (Å²) in [5.41, 5.74) is 6.48. The van der Waals surface area contributed by atoms with Gasteiger partial charge in [0.2, 0.25) is 0 Å². The Labute approximate surface area is 186 Å². The molecule has 4 nitrogen and oxygen atoms in total. The number of amides is 1. The lowest BCUT2D eigenvalue weighted by molar-refractivity contribution is -0.120. The van der Waals surface area contributed by atoms with Gasteiger partial charge in [0, 0.05) is 23.0 Å². The molecule has 0 radical (unpaired) electrons. The summed E-state index contributed by atoms with van der Waals surface area (Å²) >= 11 is 5.96. The molecule has 1 N–H and O–H groups in total. The fourth-order valence-corrected chi connectivity index (χ4v) is 5.51. The highest BCUT2D eigenvalue weighted by atomic mass is 32.1. The third-order valence-electron chi connectivity index (χ3n) is 6.52. The van der Waals surface area contributed by atoms with Crippen LogP contribution in [-0.2, 0) is 11.2 Å². The molecule has 152 valence electrons. The Kier molecular flexibility index (Phi) is 4.02. The van der Waals surface area contributed by atoms with Crippen LogP contribution in [0.2, 0.25) is 0 Å². The number of rotatable bonds is 2. The molecule has 0 saturated carbocycles. The Bertz CT molecular complexity index is 1340. The van der Waals surface area contributed by atoms with E-state index in [4.69, 9.17) is 12.2 Å². The smallest absolute Gasteiger partial charge is 0.256 e. The Morgan fingerprint density at radius 1 is 0.935 bits per heavy atom. The number of carbonyl (C=O) groups is 1. The van der Waals surface area contributed by atoms with E-state index in [0.717, 1.165) is 28.0 Å². The van der Waals surface area contributed by atoms with Crippen molar-refractivity contribution in [3.05, 3.63) is 101 Å². The molecular formula is C26H21N3OS. The normalized spacial score (nSPS) is 20.3. The number of benzene rings is 3. The molecule has 0 unspecified atom stereocenters. The van der Waals surface area contributed by atoms with E-state index in [-0.39, 0.29) is 18.0 Å². The molecule has 31 heavy (non-hydrogen) atoms. The second-order valence-corrected chi connectivity index (χ2v) is 8.61. The maximum Gasteiger partial charge on any atom is 0.256 e. The first-order chi connectivity index (χ1) is 15.1. The van der Waals surface area contributed by atoms with Crippen molar-refractivity contribution in [2.24, 2.45) is 0 Å². The number of thiocarbonyl (C=S) groups is 1. The highest BCUT2D eigenvalue weighted by molar-refractivity contribution is 7.80. The van der Waals surface area contributed by atoms with E-state index < -0.39 is 0 Å². The number of hydrogen-bond donors (Lipinski definition) is 1. The molecule has 1 aromatic heterocycles. The standard InChI is InChI=1S/C26H21N3OS/c1-16-9-5-8-14-21(16)29-25(30)22-15-19-18-12-6-7-13-20(18)27-23(19)24(28(22)26(29)31)17-10-3-2-4-11-17/h2-14,22,24,27H,15H2,1H3/t22-,24-/m1/s1. The summed E-state index contributed by atoms with van der Waals surface area (Å²) in [5.74, 6) is 0.0520. The molecule has 3 aromatic carbocycles. The largest absolute Gasteiger partial charge is 0.356 e. The number of para-hydroxylation sites is 2. The quantitative estimate of drug-likeness (QED) is 0.455. The molecule has 1 saturated heterocycles. The van der Waals surface area contributed by atoms with Crippen LogP contribution < -0.4 is 4.90 Å². The van der Waals surface area contributed by atoms with Crippen molar-refractivity contribution in [2.45, 2.75) is 25.4 Å². The van der Waals surface area contributed by atoms with Gasteiger partial charge in [0.15, 0.2) is 5.11 Å². The van der Waals surface area contributed by atoms with Gasteiger partial charge in [-0.2, -0.15) is 0 Å². The van der Waals surface area contributed by atoms with Crippen LogP contribution in [0.3, 0.4) is 0 Å². The number of aromatic nitrogens is 1. The second kappa shape index (κ2) is 6.79. The van der Waals surface area contributed by atoms with Crippen molar-refractivity contribution in [1.82, 2.24) is 9.88 Å². The molecule has 1 amide bonds. The van der Waals surface area contributed by atoms with Crippen molar-refractivity contribution in [2.75, 3.05) is 4.90 Å². The van der Waals surface area contributed by atoms with E-state index in [1.54, 1.807) is 4.90 Å². The number of aromatic amines is 1. The molecule has 2 aliphatic heterocycles. The molecule has 4 aromatic rings. The van der Waals surface area contributed by atoms with Gasteiger partial charge in [-0.05, 0) is 48.0 Å². The monoisotopic (exact) mass is 423 g/mol. The van der Waals surface area contributed by atoms with Crippen LogP contribution in [0.5, 0.6) is 0 Å². The predicted molar refractivity (Wildman–Crippen MR) is 127 cm³/mol. The molecule has 1 fully saturated rings. The molecule has 2 aliphatic rings.